The highest BCUT2D eigenvalue weighted by molar-refractivity contribution is 5.96. The van der Waals surface area contributed by atoms with Gasteiger partial charge in [0.05, 0.1) is 5.69 Å². The number of aromatic nitrogens is 2. The Morgan fingerprint density at radius 1 is 1.44 bits per heavy atom. The van der Waals surface area contributed by atoms with E-state index >= 15 is 0 Å². The molecule has 7 heteroatoms. The number of nitrogens with one attached hydrogen (secondary N) is 2. The van der Waals surface area contributed by atoms with Crippen LogP contribution in [0.2, 0.25) is 0 Å². The molecule has 0 bridgehead atoms. The summed E-state index contributed by atoms with van der Waals surface area (Å²) in [7, 11) is 1.68. The fraction of sp³-hybridized carbons (Fsp3) is 0.444. The first-order valence-electron chi connectivity index (χ1n) is 4.82. The van der Waals surface area contributed by atoms with Crippen molar-refractivity contribution in [3.05, 3.63) is 11.9 Å². The van der Waals surface area contributed by atoms with Gasteiger partial charge in [0.2, 0.25) is 5.91 Å². The highest BCUT2D eigenvalue weighted by Gasteiger charge is 2.12. The van der Waals surface area contributed by atoms with E-state index in [4.69, 9.17) is 5.73 Å². The van der Waals surface area contributed by atoms with Gasteiger partial charge in [-0.15, -0.1) is 0 Å². The Kier molecular flexibility index (Phi) is 3.87. The molecule has 0 aromatic carbocycles. The molecule has 0 radical (unpaired) electrons. The third-order valence-corrected chi connectivity index (χ3v) is 1.86. The van der Waals surface area contributed by atoms with Crippen molar-refractivity contribution in [3.63, 3.8) is 0 Å². The maximum atomic E-state index is 11.5. The van der Waals surface area contributed by atoms with Gasteiger partial charge in [0.15, 0.2) is 5.69 Å². The van der Waals surface area contributed by atoms with Gasteiger partial charge in [0.25, 0.3) is 5.91 Å². The van der Waals surface area contributed by atoms with Crippen LogP contribution in [0.4, 0.5) is 5.69 Å². The van der Waals surface area contributed by atoms with Gasteiger partial charge >= 0.3 is 0 Å². The molecule has 1 aromatic rings. The fourth-order valence-electron chi connectivity index (χ4n) is 1.18. The zero-order valence-corrected chi connectivity index (χ0v) is 9.28. The minimum Gasteiger partial charge on any atom is -0.396 e. The summed E-state index contributed by atoms with van der Waals surface area (Å²) in [6, 6.07) is 0. The summed E-state index contributed by atoms with van der Waals surface area (Å²) in [5, 5.41) is 9.08. The lowest BCUT2D eigenvalue weighted by atomic mass is 10.3. The number of nitrogen functional groups attached to an aromatic ring is 1. The molecule has 0 spiro atoms. The molecule has 1 heterocycles. The topological polar surface area (TPSA) is 102 Å². The van der Waals surface area contributed by atoms with E-state index in [-0.39, 0.29) is 17.5 Å². The molecular weight excluding hydrogens is 210 g/mol. The van der Waals surface area contributed by atoms with Gasteiger partial charge in [-0.3, -0.25) is 14.3 Å². The van der Waals surface area contributed by atoms with Crippen molar-refractivity contribution >= 4 is 17.5 Å². The molecule has 88 valence electrons. The molecule has 4 N–H and O–H groups in total. The minimum atomic E-state index is -0.344. The summed E-state index contributed by atoms with van der Waals surface area (Å²) >= 11 is 0. The summed E-state index contributed by atoms with van der Waals surface area (Å²) in [5.41, 5.74) is 6.11. The van der Waals surface area contributed by atoms with E-state index in [2.05, 4.69) is 15.7 Å². The number of amides is 2. The largest absolute Gasteiger partial charge is 0.396 e. The van der Waals surface area contributed by atoms with Gasteiger partial charge in [-0.25, -0.2) is 0 Å². The lowest BCUT2D eigenvalue weighted by Gasteiger charge is -2.04. The standard InChI is InChI=1S/C9H15N5O2/c1-6(15)11-3-4-12-9(16)8-7(10)5-14(2)13-8/h5H,3-4,10H2,1-2H3,(H,11,15)(H,12,16). The monoisotopic (exact) mass is 225 g/mol. The van der Waals surface area contributed by atoms with Crippen LogP contribution in [0.1, 0.15) is 17.4 Å². The maximum absolute atomic E-state index is 11.5. The molecule has 0 atom stereocenters. The Morgan fingerprint density at radius 2 is 2.06 bits per heavy atom. The lowest BCUT2D eigenvalue weighted by molar-refractivity contribution is -0.118. The number of nitrogens with two attached hydrogens (primary N) is 1. The second kappa shape index (κ2) is 5.15. The molecule has 0 fully saturated rings. The van der Waals surface area contributed by atoms with E-state index in [0.717, 1.165) is 0 Å². The molecule has 0 saturated heterocycles. The van der Waals surface area contributed by atoms with Crippen LogP contribution in [0, 0.1) is 0 Å². The zero-order valence-electron chi connectivity index (χ0n) is 9.28. The summed E-state index contributed by atoms with van der Waals surface area (Å²) < 4.78 is 1.47. The summed E-state index contributed by atoms with van der Waals surface area (Å²) in [6.45, 7) is 2.14. The van der Waals surface area contributed by atoms with Gasteiger partial charge in [-0.1, -0.05) is 0 Å². The SMILES string of the molecule is CC(=O)NCCNC(=O)c1nn(C)cc1N. The molecule has 0 saturated carbocycles. The Morgan fingerprint density at radius 3 is 2.56 bits per heavy atom. The quantitative estimate of drug-likeness (QED) is 0.564. The van der Waals surface area contributed by atoms with Gasteiger partial charge < -0.3 is 16.4 Å². The molecule has 7 nitrogen and oxygen atoms in total. The first-order valence-corrected chi connectivity index (χ1v) is 4.82. The van der Waals surface area contributed by atoms with Crippen LogP contribution < -0.4 is 16.4 Å². The van der Waals surface area contributed by atoms with Crippen molar-refractivity contribution < 1.29 is 9.59 Å². The number of hydrogen-bond donors (Lipinski definition) is 3. The Balaban J connectivity index is 2.41. The first kappa shape index (κ1) is 12.0. The maximum Gasteiger partial charge on any atom is 0.274 e. The molecule has 0 aliphatic rings. The number of carbonyl (C=O) groups excluding carboxylic acids is 2. The fourth-order valence-corrected chi connectivity index (χ4v) is 1.18. The number of aryl methyl sites for hydroxylation is 1. The molecule has 1 rings (SSSR count). The van der Waals surface area contributed by atoms with E-state index in [0.29, 0.717) is 18.8 Å². The van der Waals surface area contributed by atoms with E-state index in [1.807, 2.05) is 0 Å². The van der Waals surface area contributed by atoms with Crippen molar-refractivity contribution in [1.29, 1.82) is 0 Å². The molecular formula is C9H15N5O2. The van der Waals surface area contributed by atoms with E-state index in [9.17, 15) is 9.59 Å². The summed E-state index contributed by atoms with van der Waals surface area (Å²) in [5.74, 6) is -0.477. The third-order valence-electron chi connectivity index (χ3n) is 1.86. The van der Waals surface area contributed by atoms with Gasteiger partial charge in [-0.2, -0.15) is 5.10 Å². The summed E-state index contributed by atoms with van der Waals surface area (Å²) in [4.78, 5) is 22.1. The van der Waals surface area contributed by atoms with Crippen LogP contribution in [0.25, 0.3) is 0 Å². The van der Waals surface area contributed by atoms with Crippen molar-refractivity contribution in [3.8, 4) is 0 Å². The summed E-state index contributed by atoms with van der Waals surface area (Å²) in [6.07, 6.45) is 1.56. The van der Waals surface area contributed by atoms with Crippen molar-refractivity contribution in [2.45, 2.75) is 6.92 Å². The van der Waals surface area contributed by atoms with Crippen LogP contribution in [-0.4, -0.2) is 34.7 Å². The third kappa shape index (κ3) is 3.26. The molecule has 0 aliphatic heterocycles. The average Bonchev–Trinajstić information content (AvgIpc) is 2.52. The van der Waals surface area contributed by atoms with E-state index < -0.39 is 0 Å². The Bertz CT molecular complexity index is 399. The molecule has 2 amide bonds. The van der Waals surface area contributed by atoms with Crippen LogP contribution in [0.5, 0.6) is 0 Å². The minimum absolute atomic E-state index is 0.133. The van der Waals surface area contributed by atoms with Crippen molar-refractivity contribution in [2.24, 2.45) is 7.05 Å². The molecule has 0 unspecified atom stereocenters. The molecule has 0 aliphatic carbocycles. The molecule has 1 aromatic heterocycles. The van der Waals surface area contributed by atoms with Crippen LogP contribution in [0.3, 0.4) is 0 Å². The Labute approximate surface area is 93.0 Å². The van der Waals surface area contributed by atoms with Gasteiger partial charge in [-0.05, 0) is 0 Å². The van der Waals surface area contributed by atoms with Crippen molar-refractivity contribution in [1.82, 2.24) is 20.4 Å². The molecule has 16 heavy (non-hydrogen) atoms. The zero-order chi connectivity index (χ0) is 12.1. The van der Waals surface area contributed by atoms with Crippen molar-refractivity contribution in [2.75, 3.05) is 18.8 Å². The predicted molar refractivity (Wildman–Crippen MR) is 58.6 cm³/mol. The number of hydrogen-bond acceptors (Lipinski definition) is 4. The number of carbonyl (C=O) groups is 2. The van der Waals surface area contributed by atoms with Crippen LogP contribution in [0.15, 0.2) is 6.20 Å². The van der Waals surface area contributed by atoms with E-state index in [1.54, 1.807) is 13.2 Å². The van der Waals surface area contributed by atoms with E-state index in [1.165, 1.54) is 11.6 Å². The van der Waals surface area contributed by atoms with Crippen LogP contribution in [-0.2, 0) is 11.8 Å². The normalized spacial score (nSPS) is 9.88. The van der Waals surface area contributed by atoms with Crippen LogP contribution >= 0.6 is 0 Å². The highest BCUT2D eigenvalue weighted by Crippen LogP contribution is 2.06. The second-order valence-corrected chi connectivity index (χ2v) is 3.35. The average molecular weight is 225 g/mol. The highest BCUT2D eigenvalue weighted by atomic mass is 16.2. The van der Waals surface area contributed by atoms with Gasteiger partial charge in [0.1, 0.15) is 0 Å². The lowest BCUT2D eigenvalue weighted by Crippen LogP contribution is -2.34. The number of anilines is 1. The smallest absolute Gasteiger partial charge is 0.274 e. The Hall–Kier alpha value is -2.05. The van der Waals surface area contributed by atoms with Gasteiger partial charge in [0, 0.05) is 33.3 Å². The first-order chi connectivity index (χ1) is 7.50. The second-order valence-electron chi connectivity index (χ2n) is 3.35. The number of rotatable bonds is 4. The predicted octanol–water partition coefficient (Wildman–Crippen LogP) is -1.13. The number of nitrogens with zero attached hydrogens (tertiary/aromatic N) is 2.